The van der Waals surface area contributed by atoms with Crippen molar-refractivity contribution in [2.24, 2.45) is 0 Å². The summed E-state index contributed by atoms with van der Waals surface area (Å²) in [5.41, 5.74) is 4.86. The van der Waals surface area contributed by atoms with Gasteiger partial charge in [-0.3, -0.25) is 4.79 Å². The smallest absolute Gasteiger partial charge is 0.276 e. The van der Waals surface area contributed by atoms with Crippen LogP contribution in [0.5, 0.6) is 0 Å². The fraction of sp³-hybridized carbons (Fsp3) is 0.429. The van der Waals surface area contributed by atoms with Gasteiger partial charge in [0, 0.05) is 26.2 Å². The van der Waals surface area contributed by atoms with Crippen LogP contribution in [0.4, 0.5) is 0 Å². The van der Waals surface area contributed by atoms with E-state index in [1.165, 1.54) is 0 Å². The van der Waals surface area contributed by atoms with Crippen molar-refractivity contribution >= 4 is 11.6 Å². The maximum absolute atomic E-state index is 13.1. The van der Waals surface area contributed by atoms with E-state index in [0.29, 0.717) is 11.3 Å². The van der Waals surface area contributed by atoms with Gasteiger partial charge in [0.2, 0.25) is 0 Å². The summed E-state index contributed by atoms with van der Waals surface area (Å²) in [6.07, 6.45) is 0.787. The van der Waals surface area contributed by atoms with Crippen LogP contribution in [0.25, 0.3) is 16.8 Å². The van der Waals surface area contributed by atoms with Gasteiger partial charge in [-0.05, 0) is 25.5 Å². The van der Waals surface area contributed by atoms with Crippen molar-refractivity contribution < 1.29 is 4.79 Å². The van der Waals surface area contributed by atoms with Crippen LogP contribution in [0.15, 0.2) is 30.3 Å². The predicted molar refractivity (Wildman–Crippen MR) is 108 cm³/mol. The average molecular weight is 378 g/mol. The monoisotopic (exact) mass is 378 g/mol. The molecule has 3 aromatic rings. The highest BCUT2D eigenvalue weighted by atomic mass is 16.2. The van der Waals surface area contributed by atoms with Crippen LogP contribution in [-0.2, 0) is 6.42 Å². The quantitative estimate of drug-likeness (QED) is 0.698. The van der Waals surface area contributed by atoms with E-state index in [0.717, 1.165) is 61.7 Å². The van der Waals surface area contributed by atoms with Gasteiger partial charge in [0.1, 0.15) is 0 Å². The molecule has 1 aliphatic rings. The van der Waals surface area contributed by atoms with Gasteiger partial charge in [-0.25, -0.2) is 4.52 Å². The molecule has 0 radical (unpaired) electrons. The molecule has 1 saturated heterocycles. The summed E-state index contributed by atoms with van der Waals surface area (Å²) >= 11 is 0. The highest BCUT2D eigenvalue weighted by Crippen LogP contribution is 2.28. The minimum atomic E-state index is -0.0579. The Balaban J connectivity index is 1.73. The average Bonchev–Trinajstić information content (AvgIpc) is 3.14. The minimum Gasteiger partial charge on any atom is -0.335 e. The zero-order valence-corrected chi connectivity index (χ0v) is 16.7. The third-order valence-corrected chi connectivity index (χ3v) is 5.55. The molecule has 0 spiro atoms. The molecule has 7 nitrogen and oxygen atoms in total. The van der Waals surface area contributed by atoms with Crippen LogP contribution in [0, 0.1) is 6.92 Å². The first-order valence-electron chi connectivity index (χ1n) is 9.96. The van der Waals surface area contributed by atoms with Crippen molar-refractivity contribution in [1.82, 2.24) is 29.6 Å². The van der Waals surface area contributed by atoms with E-state index in [1.807, 2.05) is 30.0 Å². The Kier molecular flexibility index (Phi) is 5.09. The molecular formula is C21H26N6O. The van der Waals surface area contributed by atoms with Gasteiger partial charge in [-0.1, -0.05) is 44.2 Å². The van der Waals surface area contributed by atoms with Gasteiger partial charge in [0.05, 0.1) is 17.0 Å². The number of rotatable bonds is 4. The Morgan fingerprint density at radius 2 is 1.75 bits per heavy atom. The number of hydrogen-bond donors (Lipinski definition) is 0. The summed E-state index contributed by atoms with van der Waals surface area (Å²) in [4.78, 5) is 17.3. The second-order valence-electron chi connectivity index (χ2n) is 7.14. The van der Waals surface area contributed by atoms with Crippen molar-refractivity contribution in [1.29, 1.82) is 0 Å². The molecule has 7 heteroatoms. The largest absolute Gasteiger partial charge is 0.335 e. The topological polar surface area (TPSA) is 66.6 Å². The van der Waals surface area contributed by atoms with E-state index >= 15 is 0 Å². The number of benzene rings is 1. The minimum absolute atomic E-state index is 0.0579. The lowest BCUT2D eigenvalue weighted by atomic mass is 10.0. The molecule has 0 N–H and O–H groups in total. The molecule has 146 valence electrons. The number of piperazine rings is 1. The van der Waals surface area contributed by atoms with Gasteiger partial charge < -0.3 is 9.80 Å². The number of nitrogens with zero attached hydrogens (tertiary/aromatic N) is 6. The summed E-state index contributed by atoms with van der Waals surface area (Å²) in [5, 5.41) is 13.5. The molecule has 2 aromatic heterocycles. The number of aryl methyl sites for hydroxylation is 2. The van der Waals surface area contributed by atoms with Crippen molar-refractivity contribution in [3.63, 3.8) is 0 Å². The third-order valence-electron chi connectivity index (χ3n) is 5.55. The number of hydrogen-bond acceptors (Lipinski definition) is 5. The maximum atomic E-state index is 13.1. The van der Waals surface area contributed by atoms with Crippen molar-refractivity contribution in [3.8, 4) is 11.1 Å². The Morgan fingerprint density at radius 3 is 2.39 bits per heavy atom. The van der Waals surface area contributed by atoms with E-state index in [9.17, 15) is 4.79 Å². The summed E-state index contributed by atoms with van der Waals surface area (Å²) in [6, 6.07) is 10.1. The second-order valence-corrected chi connectivity index (χ2v) is 7.14. The van der Waals surface area contributed by atoms with Crippen LogP contribution in [0.3, 0.4) is 0 Å². The lowest BCUT2D eigenvalue weighted by Crippen LogP contribution is -2.48. The zero-order valence-electron chi connectivity index (χ0n) is 16.7. The van der Waals surface area contributed by atoms with E-state index in [-0.39, 0.29) is 5.91 Å². The van der Waals surface area contributed by atoms with Crippen molar-refractivity contribution in [3.05, 3.63) is 47.4 Å². The fourth-order valence-electron chi connectivity index (χ4n) is 3.81. The van der Waals surface area contributed by atoms with E-state index in [4.69, 9.17) is 5.10 Å². The molecule has 1 amide bonds. The Morgan fingerprint density at radius 1 is 1.04 bits per heavy atom. The van der Waals surface area contributed by atoms with Crippen LogP contribution >= 0.6 is 0 Å². The lowest BCUT2D eigenvalue weighted by Gasteiger charge is -2.33. The normalized spacial score (nSPS) is 15.3. The van der Waals surface area contributed by atoms with Crippen molar-refractivity contribution in [2.75, 3.05) is 32.7 Å². The molecule has 0 atom stereocenters. The summed E-state index contributed by atoms with van der Waals surface area (Å²) < 4.78 is 1.78. The maximum Gasteiger partial charge on any atom is 0.276 e. The first kappa shape index (κ1) is 18.6. The molecule has 4 rings (SSSR count). The van der Waals surface area contributed by atoms with E-state index < -0.39 is 0 Å². The molecule has 0 saturated carbocycles. The van der Waals surface area contributed by atoms with Crippen molar-refractivity contribution in [2.45, 2.75) is 27.2 Å². The van der Waals surface area contributed by atoms with Gasteiger partial charge >= 0.3 is 0 Å². The van der Waals surface area contributed by atoms with Gasteiger partial charge in [0.15, 0.2) is 11.3 Å². The lowest BCUT2D eigenvalue weighted by molar-refractivity contribution is 0.0634. The number of aromatic nitrogens is 4. The number of fused-ring (bicyclic) bond motifs is 1. The Bertz CT molecular complexity index is 989. The summed E-state index contributed by atoms with van der Waals surface area (Å²) in [5.74, 6) is -0.0579. The van der Waals surface area contributed by atoms with E-state index in [2.05, 4.69) is 41.1 Å². The summed E-state index contributed by atoms with van der Waals surface area (Å²) in [7, 11) is 0. The number of carbonyl (C=O) groups is 1. The fourth-order valence-corrected chi connectivity index (χ4v) is 3.81. The standard InChI is InChI=1S/C21H26N6O/c1-4-17-18(16-9-7-6-8-10-16)20-23-22-19(15(3)27(20)24-17)21(28)26-13-11-25(5-2)12-14-26/h6-10H,4-5,11-14H2,1-3H3. The molecule has 1 fully saturated rings. The first-order chi connectivity index (χ1) is 13.6. The zero-order chi connectivity index (χ0) is 19.7. The molecule has 0 aliphatic carbocycles. The SMILES string of the molecule is CCc1nn2c(C)c(C(=O)N3CCN(CC)CC3)nnc2c1-c1ccccc1. The predicted octanol–water partition coefficient (Wildman–Crippen LogP) is 2.44. The van der Waals surface area contributed by atoms with Gasteiger partial charge in [0.25, 0.3) is 5.91 Å². The molecule has 1 aliphatic heterocycles. The van der Waals surface area contributed by atoms with Gasteiger partial charge in [-0.2, -0.15) is 5.10 Å². The van der Waals surface area contributed by atoms with Crippen LogP contribution in [0.1, 0.15) is 35.7 Å². The first-order valence-corrected chi connectivity index (χ1v) is 9.96. The molecule has 1 aromatic carbocycles. The van der Waals surface area contributed by atoms with E-state index in [1.54, 1.807) is 4.52 Å². The van der Waals surface area contributed by atoms with Crippen LogP contribution in [0.2, 0.25) is 0 Å². The highest BCUT2D eigenvalue weighted by Gasteiger charge is 2.26. The summed E-state index contributed by atoms with van der Waals surface area (Å²) in [6.45, 7) is 10.4. The second kappa shape index (κ2) is 7.67. The van der Waals surface area contributed by atoms with Crippen LogP contribution < -0.4 is 0 Å². The van der Waals surface area contributed by atoms with Gasteiger partial charge in [-0.15, -0.1) is 10.2 Å². The number of likely N-dealkylation sites (N-methyl/N-ethyl adjacent to an activating group) is 1. The number of carbonyl (C=O) groups excluding carboxylic acids is 1. The molecular weight excluding hydrogens is 352 g/mol. The molecule has 0 unspecified atom stereocenters. The molecule has 28 heavy (non-hydrogen) atoms. The Hall–Kier alpha value is -2.80. The third kappa shape index (κ3) is 3.16. The molecule has 0 bridgehead atoms. The molecule has 3 heterocycles. The Labute approximate surface area is 165 Å². The number of amides is 1. The van der Waals surface area contributed by atoms with Crippen LogP contribution in [-0.4, -0.2) is 68.2 Å². The highest BCUT2D eigenvalue weighted by molar-refractivity contribution is 5.93.